The van der Waals surface area contributed by atoms with Gasteiger partial charge in [-0.05, 0) is 38.5 Å². The van der Waals surface area contributed by atoms with E-state index >= 15 is 0 Å². The maximum Gasteiger partial charge on any atom is 0.338 e. The van der Waals surface area contributed by atoms with Crippen LogP contribution in [0, 0.1) is 11.8 Å². The van der Waals surface area contributed by atoms with Crippen molar-refractivity contribution in [2.75, 3.05) is 6.67 Å². The molecule has 1 fully saturated rings. The predicted octanol–water partition coefficient (Wildman–Crippen LogP) is 4.41. The largest absolute Gasteiger partial charge is 0.479 e. The van der Waals surface area contributed by atoms with Crippen LogP contribution in [-0.4, -0.2) is 39.7 Å². The number of carbonyl (C=O) groups is 1. The van der Waals surface area contributed by atoms with Gasteiger partial charge in [0.1, 0.15) is 6.10 Å². The highest BCUT2D eigenvalue weighted by Gasteiger charge is 2.52. The van der Waals surface area contributed by atoms with Crippen LogP contribution in [0.4, 0.5) is 4.39 Å². The van der Waals surface area contributed by atoms with E-state index in [0.29, 0.717) is 19.3 Å². The molecule has 0 aliphatic heterocycles. The summed E-state index contributed by atoms with van der Waals surface area (Å²) in [7, 11) is 0. The average molecular weight is 371 g/mol. The van der Waals surface area contributed by atoms with Gasteiger partial charge in [0.2, 0.25) is 0 Å². The average Bonchev–Trinajstić information content (AvgIpc) is 3.17. The van der Waals surface area contributed by atoms with Crippen molar-refractivity contribution in [2.45, 2.75) is 82.8 Å². The molecule has 1 unspecified atom stereocenters. The summed E-state index contributed by atoms with van der Waals surface area (Å²) >= 11 is 0. The minimum absolute atomic E-state index is 0.277. The van der Waals surface area contributed by atoms with E-state index in [2.05, 4.69) is 0 Å². The minimum Gasteiger partial charge on any atom is -0.479 e. The van der Waals surface area contributed by atoms with Crippen molar-refractivity contribution in [2.24, 2.45) is 11.8 Å². The van der Waals surface area contributed by atoms with Gasteiger partial charge < -0.3 is 15.3 Å². The zero-order valence-electron chi connectivity index (χ0n) is 15.9. The van der Waals surface area contributed by atoms with Crippen molar-refractivity contribution in [3.8, 4) is 0 Å². The van der Waals surface area contributed by atoms with E-state index in [1.165, 1.54) is 0 Å². The second kappa shape index (κ2) is 12.2. The maximum atomic E-state index is 12.1. The first-order valence-electron chi connectivity index (χ1n) is 10.0. The lowest BCUT2D eigenvalue weighted by atomic mass is 9.76. The van der Waals surface area contributed by atoms with E-state index in [1.54, 1.807) is 12.2 Å². The SMILES string of the molecule is CCC=CC(C=CCCCCCCF)[C@@H](O)[C@@](O)(C(=O)O)C1CCCC1. The zero-order chi connectivity index (χ0) is 19.4. The molecule has 3 atom stereocenters. The molecule has 0 radical (unpaired) electrons. The highest BCUT2D eigenvalue weighted by Crippen LogP contribution is 2.39. The Hall–Kier alpha value is -1.20. The lowest BCUT2D eigenvalue weighted by molar-refractivity contribution is -0.184. The number of allylic oxidation sites excluding steroid dienone is 2. The van der Waals surface area contributed by atoms with Crippen LogP contribution in [0.5, 0.6) is 0 Å². The topological polar surface area (TPSA) is 77.8 Å². The third-order valence-electron chi connectivity index (χ3n) is 5.34. The Morgan fingerprint density at radius 3 is 2.35 bits per heavy atom. The standard InChI is InChI=1S/C21H35FO4/c1-2-3-12-17(13-8-6-4-5-7-11-16-22)19(23)21(26,20(24)25)18-14-9-10-15-18/h3,8,12-13,17-19,23,26H,2,4-7,9-11,14-16H2,1H3,(H,24,25)/t17?,19-,21-/m1/s1. The molecule has 0 amide bonds. The Balaban J connectivity index is 2.78. The number of carboxylic acids is 1. The van der Waals surface area contributed by atoms with Gasteiger partial charge in [0.25, 0.3) is 0 Å². The van der Waals surface area contributed by atoms with E-state index in [0.717, 1.165) is 44.9 Å². The lowest BCUT2D eigenvalue weighted by Gasteiger charge is -2.36. The summed E-state index contributed by atoms with van der Waals surface area (Å²) in [6.45, 7) is 1.69. The second-order valence-corrected chi connectivity index (χ2v) is 7.29. The Bertz CT molecular complexity index is 457. The number of aliphatic hydroxyl groups excluding tert-OH is 1. The minimum atomic E-state index is -2.12. The molecule has 0 heterocycles. The van der Waals surface area contributed by atoms with Gasteiger partial charge in [0.15, 0.2) is 5.60 Å². The molecular weight excluding hydrogens is 335 g/mol. The van der Waals surface area contributed by atoms with Gasteiger partial charge in [-0.3, -0.25) is 4.39 Å². The number of aliphatic hydroxyl groups is 2. The quantitative estimate of drug-likeness (QED) is 0.331. The van der Waals surface area contributed by atoms with E-state index in [-0.39, 0.29) is 6.67 Å². The first-order valence-corrected chi connectivity index (χ1v) is 10.0. The maximum absolute atomic E-state index is 12.1. The van der Waals surface area contributed by atoms with Gasteiger partial charge in [-0.2, -0.15) is 0 Å². The van der Waals surface area contributed by atoms with Crippen molar-refractivity contribution >= 4 is 5.97 Å². The smallest absolute Gasteiger partial charge is 0.338 e. The van der Waals surface area contributed by atoms with Crippen LogP contribution in [-0.2, 0) is 4.79 Å². The molecule has 0 aromatic heterocycles. The van der Waals surface area contributed by atoms with E-state index < -0.39 is 29.5 Å². The number of aliphatic carboxylic acids is 1. The molecule has 4 nitrogen and oxygen atoms in total. The van der Waals surface area contributed by atoms with Crippen molar-refractivity contribution < 1.29 is 24.5 Å². The molecule has 1 rings (SSSR count). The molecule has 5 heteroatoms. The summed E-state index contributed by atoms with van der Waals surface area (Å²) < 4.78 is 12.1. The van der Waals surface area contributed by atoms with Crippen LogP contribution in [0.1, 0.15) is 71.1 Å². The molecular formula is C21H35FO4. The van der Waals surface area contributed by atoms with Crippen molar-refractivity contribution in [1.82, 2.24) is 0 Å². The molecule has 0 spiro atoms. The van der Waals surface area contributed by atoms with Crippen molar-refractivity contribution in [3.63, 3.8) is 0 Å². The molecule has 1 saturated carbocycles. The summed E-state index contributed by atoms with van der Waals surface area (Å²) in [5.41, 5.74) is -2.12. The monoisotopic (exact) mass is 370 g/mol. The fraction of sp³-hybridized carbons (Fsp3) is 0.762. The number of hydrogen-bond acceptors (Lipinski definition) is 3. The molecule has 0 saturated heterocycles. The highest BCUT2D eigenvalue weighted by molar-refractivity contribution is 5.78. The fourth-order valence-electron chi connectivity index (χ4n) is 3.73. The predicted molar refractivity (Wildman–Crippen MR) is 102 cm³/mol. The van der Waals surface area contributed by atoms with Gasteiger partial charge in [-0.1, -0.05) is 56.9 Å². The molecule has 0 aromatic rings. The van der Waals surface area contributed by atoms with E-state index in [4.69, 9.17) is 0 Å². The van der Waals surface area contributed by atoms with Crippen LogP contribution in [0.3, 0.4) is 0 Å². The molecule has 1 aliphatic carbocycles. The summed E-state index contributed by atoms with van der Waals surface area (Å²) in [6, 6.07) is 0. The van der Waals surface area contributed by atoms with Gasteiger partial charge in [0.05, 0.1) is 6.67 Å². The number of rotatable bonds is 13. The molecule has 0 bridgehead atoms. The highest BCUT2D eigenvalue weighted by atomic mass is 19.1. The van der Waals surface area contributed by atoms with Gasteiger partial charge >= 0.3 is 5.97 Å². The number of halogens is 1. The van der Waals surface area contributed by atoms with E-state index in [9.17, 15) is 24.5 Å². The number of hydrogen-bond donors (Lipinski definition) is 3. The van der Waals surface area contributed by atoms with Crippen LogP contribution in [0.2, 0.25) is 0 Å². The summed E-state index contributed by atoms with van der Waals surface area (Å²) in [4.78, 5) is 11.8. The number of alkyl halides is 1. The van der Waals surface area contributed by atoms with Gasteiger partial charge in [-0.25, -0.2) is 4.79 Å². The Morgan fingerprint density at radius 2 is 1.77 bits per heavy atom. The Labute approximate surface area is 156 Å². The zero-order valence-corrected chi connectivity index (χ0v) is 15.9. The van der Waals surface area contributed by atoms with Crippen molar-refractivity contribution in [1.29, 1.82) is 0 Å². The first kappa shape index (κ1) is 22.8. The first-order chi connectivity index (χ1) is 12.5. The van der Waals surface area contributed by atoms with Crippen LogP contribution in [0.25, 0.3) is 0 Å². The number of unbranched alkanes of at least 4 members (excludes halogenated alkanes) is 4. The third kappa shape index (κ3) is 6.51. The van der Waals surface area contributed by atoms with Gasteiger partial charge in [-0.15, -0.1) is 0 Å². The van der Waals surface area contributed by atoms with Crippen LogP contribution < -0.4 is 0 Å². The van der Waals surface area contributed by atoms with Crippen LogP contribution in [0.15, 0.2) is 24.3 Å². The molecule has 0 aromatic carbocycles. The fourth-order valence-corrected chi connectivity index (χ4v) is 3.73. The lowest BCUT2D eigenvalue weighted by Crippen LogP contribution is -2.56. The normalized spacial score (nSPS) is 20.6. The third-order valence-corrected chi connectivity index (χ3v) is 5.34. The summed E-state index contributed by atoms with van der Waals surface area (Å²) in [6.07, 6.45) is 14.0. The molecule has 26 heavy (non-hydrogen) atoms. The molecule has 3 N–H and O–H groups in total. The molecule has 1 aliphatic rings. The summed E-state index contributed by atoms with van der Waals surface area (Å²) in [5.74, 6) is -2.30. The van der Waals surface area contributed by atoms with Gasteiger partial charge in [0, 0.05) is 11.8 Å². The molecule has 150 valence electrons. The second-order valence-electron chi connectivity index (χ2n) is 7.29. The van der Waals surface area contributed by atoms with Crippen LogP contribution >= 0.6 is 0 Å². The Kier molecular flexibility index (Phi) is 10.7. The Morgan fingerprint density at radius 1 is 1.15 bits per heavy atom. The summed E-state index contributed by atoms with van der Waals surface area (Å²) in [5, 5.41) is 31.3. The van der Waals surface area contributed by atoms with Crippen molar-refractivity contribution in [3.05, 3.63) is 24.3 Å². The number of carboxylic acid groups (broad SMARTS) is 1. The van der Waals surface area contributed by atoms with E-state index in [1.807, 2.05) is 19.1 Å².